The minimum absolute atomic E-state index is 0.0963. The van der Waals surface area contributed by atoms with Gasteiger partial charge in [-0.15, -0.1) is 0 Å². The molecule has 2 rings (SSSR count). The quantitative estimate of drug-likeness (QED) is 0.773. The lowest BCUT2D eigenvalue weighted by molar-refractivity contribution is -0.153. The van der Waals surface area contributed by atoms with Crippen LogP contribution in [0, 0.1) is 0 Å². The predicted molar refractivity (Wildman–Crippen MR) is 92.7 cm³/mol. The van der Waals surface area contributed by atoms with Crippen molar-refractivity contribution < 1.29 is 27.4 Å². The SMILES string of the molecule is COc1ccccc1NC(=O)C(C)Nc1ccc(OCC(F)(F)F)cc1. The second-order valence-corrected chi connectivity index (χ2v) is 5.48. The van der Waals surface area contributed by atoms with Gasteiger partial charge >= 0.3 is 6.18 Å². The molecule has 1 amide bonds. The van der Waals surface area contributed by atoms with Gasteiger partial charge in [-0.3, -0.25) is 4.79 Å². The number of carbonyl (C=O) groups is 1. The third-order valence-corrected chi connectivity index (χ3v) is 3.40. The van der Waals surface area contributed by atoms with Crippen LogP contribution >= 0.6 is 0 Å². The Labute approximate surface area is 149 Å². The Morgan fingerprint density at radius 1 is 1.12 bits per heavy atom. The number of carbonyl (C=O) groups excluding carboxylic acids is 1. The molecule has 140 valence electrons. The van der Waals surface area contributed by atoms with E-state index < -0.39 is 18.8 Å². The summed E-state index contributed by atoms with van der Waals surface area (Å²) in [5.41, 5.74) is 1.12. The average molecular weight is 368 g/mol. The lowest BCUT2D eigenvalue weighted by Gasteiger charge is -2.17. The van der Waals surface area contributed by atoms with Crippen molar-refractivity contribution in [2.75, 3.05) is 24.4 Å². The van der Waals surface area contributed by atoms with Crippen LogP contribution in [-0.4, -0.2) is 31.8 Å². The van der Waals surface area contributed by atoms with Gasteiger partial charge in [0.2, 0.25) is 5.91 Å². The lowest BCUT2D eigenvalue weighted by atomic mass is 10.2. The van der Waals surface area contributed by atoms with Crippen molar-refractivity contribution in [1.29, 1.82) is 0 Å². The van der Waals surface area contributed by atoms with E-state index in [1.807, 2.05) is 0 Å². The first-order valence-electron chi connectivity index (χ1n) is 7.78. The van der Waals surface area contributed by atoms with Crippen molar-refractivity contribution in [2.45, 2.75) is 19.1 Å². The van der Waals surface area contributed by atoms with Crippen LogP contribution < -0.4 is 20.1 Å². The van der Waals surface area contributed by atoms with E-state index in [0.717, 1.165) is 0 Å². The molecule has 8 heteroatoms. The lowest BCUT2D eigenvalue weighted by Crippen LogP contribution is -2.31. The first-order chi connectivity index (χ1) is 12.3. The Kier molecular flexibility index (Phi) is 6.32. The van der Waals surface area contributed by atoms with Crippen molar-refractivity contribution >= 4 is 17.3 Å². The molecule has 0 aliphatic rings. The maximum absolute atomic E-state index is 12.3. The molecule has 0 aliphatic carbocycles. The topological polar surface area (TPSA) is 59.6 Å². The molecule has 0 aromatic heterocycles. The number of anilines is 2. The number of alkyl halides is 3. The summed E-state index contributed by atoms with van der Waals surface area (Å²) in [6.07, 6.45) is -4.39. The number of halogens is 3. The van der Waals surface area contributed by atoms with E-state index in [1.165, 1.54) is 19.2 Å². The minimum atomic E-state index is -4.39. The van der Waals surface area contributed by atoms with E-state index in [2.05, 4.69) is 15.4 Å². The van der Waals surface area contributed by atoms with Crippen LogP contribution in [0.3, 0.4) is 0 Å². The van der Waals surface area contributed by atoms with Crippen molar-refractivity contribution in [3.05, 3.63) is 48.5 Å². The van der Waals surface area contributed by atoms with Crippen molar-refractivity contribution in [1.82, 2.24) is 0 Å². The zero-order valence-corrected chi connectivity index (χ0v) is 14.3. The van der Waals surface area contributed by atoms with Crippen LogP contribution in [0.5, 0.6) is 11.5 Å². The smallest absolute Gasteiger partial charge is 0.422 e. The normalized spacial score (nSPS) is 12.2. The van der Waals surface area contributed by atoms with Crippen LogP contribution in [0.4, 0.5) is 24.5 Å². The summed E-state index contributed by atoms with van der Waals surface area (Å²) in [7, 11) is 1.51. The summed E-state index contributed by atoms with van der Waals surface area (Å²) in [5, 5.41) is 5.72. The molecule has 0 radical (unpaired) electrons. The van der Waals surface area contributed by atoms with Gasteiger partial charge < -0.3 is 20.1 Å². The Hall–Kier alpha value is -2.90. The van der Waals surface area contributed by atoms with Crippen LogP contribution in [0.1, 0.15) is 6.92 Å². The van der Waals surface area contributed by atoms with Gasteiger partial charge in [-0.1, -0.05) is 12.1 Å². The minimum Gasteiger partial charge on any atom is -0.495 e. The molecule has 2 aromatic rings. The van der Waals surface area contributed by atoms with E-state index in [1.54, 1.807) is 43.3 Å². The number of ether oxygens (including phenoxy) is 2. The van der Waals surface area contributed by atoms with Crippen molar-refractivity contribution in [3.63, 3.8) is 0 Å². The second kappa shape index (κ2) is 8.46. The fourth-order valence-electron chi connectivity index (χ4n) is 2.12. The number of hydrogen-bond acceptors (Lipinski definition) is 4. The van der Waals surface area contributed by atoms with Crippen LogP contribution in [-0.2, 0) is 4.79 Å². The average Bonchev–Trinajstić information content (AvgIpc) is 2.61. The number of benzene rings is 2. The van der Waals surface area contributed by atoms with Crippen LogP contribution in [0.25, 0.3) is 0 Å². The zero-order valence-electron chi connectivity index (χ0n) is 14.3. The molecule has 1 unspecified atom stereocenters. The zero-order chi connectivity index (χ0) is 19.2. The highest BCUT2D eigenvalue weighted by atomic mass is 19.4. The molecule has 0 spiro atoms. The first kappa shape index (κ1) is 19.4. The number of nitrogens with one attached hydrogen (secondary N) is 2. The molecule has 2 aromatic carbocycles. The third kappa shape index (κ3) is 5.87. The van der Waals surface area contributed by atoms with Crippen molar-refractivity contribution in [3.8, 4) is 11.5 Å². The molecule has 2 N–H and O–H groups in total. The molecule has 0 bridgehead atoms. The fraction of sp³-hybridized carbons (Fsp3) is 0.278. The molecule has 1 atom stereocenters. The molecule has 0 aliphatic heterocycles. The largest absolute Gasteiger partial charge is 0.495 e. The molecule has 0 saturated heterocycles. The van der Waals surface area contributed by atoms with Gasteiger partial charge in [-0.05, 0) is 43.3 Å². The highest BCUT2D eigenvalue weighted by Crippen LogP contribution is 2.24. The summed E-state index contributed by atoms with van der Waals surface area (Å²) >= 11 is 0. The molecule has 26 heavy (non-hydrogen) atoms. The summed E-state index contributed by atoms with van der Waals surface area (Å²) in [6, 6.07) is 12.3. The molecular weight excluding hydrogens is 349 g/mol. The van der Waals surface area contributed by atoms with Gasteiger partial charge in [0.25, 0.3) is 0 Å². The highest BCUT2D eigenvalue weighted by molar-refractivity contribution is 5.97. The second-order valence-electron chi connectivity index (χ2n) is 5.48. The van der Waals surface area contributed by atoms with E-state index in [0.29, 0.717) is 17.1 Å². The van der Waals surface area contributed by atoms with Gasteiger partial charge in [-0.2, -0.15) is 13.2 Å². The summed E-state index contributed by atoms with van der Waals surface area (Å²) in [4.78, 5) is 12.3. The standard InChI is InChI=1S/C18H19F3N2O3/c1-12(17(24)23-15-5-3-4-6-16(15)25-2)22-13-7-9-14(10-8-13)26-11-18(19,20)21/h3-10,12,22H,11H2,1-2H3,(H,23,24). The van der Waals surface area contributed by atoms with E-state index >= 15 is 0 Å². The van der Waals surface area contributed by atoms with Crippen LogP contribution in [0.15, 0.2) is 48.5 Å². The van der Waals surface area contributed by atoms with E-state index in [4.69, 9.17) is 4.74 Å². The summed E-state index contributed by atoms with van der Waals surface area (Å²) in [6.45, 7) is 0.316. The molecule has 0 saturated carbocycles. The number of hydrogen-bond donors (Lipinski definition) is 2. The predicted octanol–water partition coefficient (Wildman–Crippen LogP) is 4.08. The fourth-order valence-corrected chi connectivity index (χ4v) is 2.12. The highest BCUT2D eigenvalue weighted by Gasteiger charge is 2.28. The van der Waals surface area contributed by atoms with Gasteiger partial charge in [-0.25, -0.2) is 0 Å². The Morgan fingerprint density at radius 3 is 2.38 bits per heavy atom. The monoisotopic (exact) mass is 368 g/mol. The Balaban J connectivity index is 1.92. The number of rotatable bonds is 7. The van der Waals surface area contributed by atoms with Gasteiger partial charge in [0.15, 0.2) is 6.61 Å². The maximum atomic E-state index is 12.3. The number of methoxy groups -OCH3 is 1. The molecular formula is C18H19F3N2O3. The van der Waals surface area contributed by atoms with Gasteiger partial charge in [0.1, 0.15) is 17.5 Å². The summed E-state index contributed by atoms with van der Waals surface area (Å²) in [5.74, 6) is 0.352. The molecule has 0 heterocycles. The van der Waals surface area contributed by atoms with E-state index in [-0.39, 0.29) is 11.7 Å². The van der Waals surface area contributed by atoms with E-state index in [9.17, 15) is 18.0 Å². The third-order valence-electron chi connectivity index (χ3n) is 3.40. The van der Waals surface area contributed by atoms with Crippen LogP contribution in [0.2, 0.25) is 0 Å². The molecule has 5 nitrogen and oxygen atoms in total. The Morgan fingerprint density at radius 2 is 1.77 bits per heavy atom. The summed E-state index contributed by atoms with van der Waals surface area (Å²) < 4.78 is 46.2. The van der Waals surface area contributed by atoms with Gasteiger partial charge in [0, 0.05) is 5.69 Å². The maximum Gasteiger partial charge on any atom is 0.422 e. The molecule has 0 fully saturated rings. The van der Waals surface area contributed by atoms with Gasteiger partial charge in [0.05, 0.1) is 12.8 Å². The number of amides is 1. The first-order valence-corrected chi connectivity index (χ1v) is 7.78. The number of para-hydroxylation sites is 2. The van der Waals surface area contributed by atoms with Crippen molar-refractivity contribution in [2.24, 2.45) is 0 Å². The Bertz CT molecular complexity index is 733.